The summed E-state index contributed by atoms with van der Waals surface area (Å²) < 4.78 is 2.47. The van der Waals surface area contributed by atoms with Gasteiger partial charge >= 0.3 is 0 Å². The summed E-state index contributed by atoms with van der Waals surface area (Å²) in [4.78, 5) is 9.60. The van der Waals surface area contributed by atoms with E-state index in [0.717, 1.165) is 39.5 Å². The van der Waals surface area contributed by atoms with Crippen molar-refractivity contribution >= 4 is 33.0 Å². The first-order valence-corrected chi connectivity index (χ1v) is 17.6. The van der Waals surface area contributed by atoms with Crippen molar-refractivity contribution in [3.63, 3.8) is 0 Å². The van der Waals surface area contributed by atoms with Crippen molar-refractivity contribution < 1.29 is 0 Å². The maximum atomic E-state index is 5.17. The van der Waals surface area contributed by atoms with Crippen LogP contribution in [-0.2, 0) is 5.41 Å². The van der Waals surface area contributed by atoms with Crippen LogP contribution in [0.15, 0.2) is 158 Å². The highest BCUT2D eigenvalue weighted by atomic mass is 15.2. The molecule has 5 heteroatoms. The molecule has 246 valence electrons. The van der Waals surface area contributed by atoms with Crippen molar-refractivity contribution in [2.24, 2.45) is 0 Å². The van der Waals surface area contributed by atoms with Gasteiger partial charge in [-0.2, -0.15) is 5.10 Å². The molecule has 0 radical (unpaired) electrons. The number of nitrogens with zero attached hydrogens (tertiary/aromatic N) is 5. The van der Waals surface area contributed by atoms with Crippen LogP contribution in [0.5, 0.6) is 0 Å². The highest BCUT2D eigenvalue weighted by Crippen LogP contribution is 2.61. The van der Waals surface area contributed by atoms with Crippen molar-refractivity contribution in [2.75, 3.05) is 0 Å². The second-order valence-electron chi connectivity index (χ2n) is 13.5. The Kier molecular flexibility index (Phi) is 6.61. The zero-order valence-electron chi connectivity index (χ0n) is 28.9. The van der Waals surface area contributed by atoms with E-state index in [-0.39, 0.29) is 0 Å². The number of aromatic nitrogens is 5. The molecule has 5 aromatic carbocycles. The van der Waals surface area contributed by atoms with Crippen LogP contribution >= 0.6 is 0 Å². The summed E-state index contributed by atoms with van der Waals surface area (Å²) in [6.07, 6.45) is 7.72. The van der Waals surface area contributed by atoms with Crippen LogP contribution in [-0.4, -0.2) is 24.7 Å². The predicted octanol–water partition coefficient (Wildman–Crippen LogP) is 10.7. The fraction of sp³-hybridized carbons (Fsp3) is 0.0638. The van der Waals surface area contributed by atoms with Gasteiger partial charge in [0.25, 0.3) is 0 Å². The third-order valence-corrected chi connectivity index (χ3v) is 10.8. The van der Waals surface area contributed by atoms with E-state index in [9.17, 15) is 0 Å². The smallest absolute Gasteiger partial charge is 0.182 e. The SMILES string of the molecule is C=C(/C=C\C(=C/C)c1nnc(C)c(-c2ccc3c(c2)-n2c4ccccc4c4cccc(c42)C32c3ccccc3-c3ccccc32)n1)c1ccccn1. The van der Waals surface area contributed by atoms with Crippen LogP contribution in [0.1, 0.15) is 46.4 Å². The average molecular weight is 668 g/mol. The molecule has 0 amide bonds. The maximum Gasteiger partial charge on any atom is 0.182 e. The van der Waals surface area contributed by atoms with Gasteiger partial charge in [-0.15, -0.1) is 5.10 Å². The number of benzene rings is 5. The zero-order valence-corrected chi connectivity index (χ0v) is 28.9. The predicted molar refractivity (Wildman–Crippen MR) is 211 cm³/mol. The molecule has 0 bridgehead atoms. The number of hydrogen-bond acceptors (Lipinski definition) is 4. The van der Waals surface area contributed by atoms with Crippen LogP contribution in [0.25, 0.3) is 61.0 Å². The monoisotopic (exact) mass is 667 g/mol. The van der Waals surface area contributed by atoms with E-state index in [4.69, 9.17) is 4.98 Å². The molecule has 1 aliphatic heterocycles. The molecular weight excluding hydrogens is 635 g/mol. The van der Waals surface area contributed by atoms with E-state index in [1.807, 2.05) is 50.3 Å². The van der Waals surface area contributed by atoms with Gasteiger partial charge in [0.05, 0.1) is 39.2 Å². The highest BCUT2D eigenvalue weighted by molar-refractivity contribution is 6.13. The molecule has 5 nitrogen and oxygen atoms in total. The van der Waals surface area contributed by atoms with Crippen molar-refractivity contribution in [1.82, 2.24) is 24.7 Å². The van der Waals surface area contributed by atoms with Gasteiger partial charge in [-0.1, -0.05) is 128 Å². The zero-order chi connectivity index (χ0) is 35.0. The fourth-order valence-electron chi connectivity index (χ4n) is 8.62. The lowest BCUT2D eigenvalue weighted by Gasteiger charge is -2.39. The second-order valence-corrected chi connectivity index (χ2v) is 13.5. The Bertz CT molecular complexity index is 2790. The van der Waals surface area contributed by atoms with E-state index in [2.05, 4.69) is 136 Å². The molecule has 0 fully saturated rings. The number of hydrogen-bond donors (Lipinski definition) is 0. The Labute approximate surface area is 302 Å². The number of allylic oxidation sites excluding steroid dienone is 5. The summed E-state index contributed by atoms with van der Waals surface area (Å²) in [5, 5.41) is 11.7. The van der Waals surface area contributed by atoms with Crippen molar-refractivity contribution in [1.29, 1.82) is 0 Å². The maximum absolute atomic E-state index is 5.17. The van der Waals surface area contributed by atoms with E-state index in [0.29, 0.717) is 5.82 Å². The van der Waals surface area contributed by atoms with Crippen molar-refractivity contribution in [3.05, 3.63) is 198 Å². The fourth-order valence-corrected chi connectivity index (χ4v) is 8.62. The molecule has 2 aliphatic rings. The highest BCUT2D eigenvalue weighted by Gasteiger charge is 2.50. The molecule has 3 aromatic heterocycles. The van der Waals surface area contributed by atoms with Crippen LogP contribution in [0.3, 0.4) is 0 Å². The van der Waals surface area contributed by atoms with E-state index < -0.39 is 5.41 Å². The summed E-state index contributed by atoms with van der Waals surface area (Å²) in [7, 11) is 0. The third-order valence-electron chi connectivity index (χ3n) is 10.8. The normalized spacial score (nSPS) is 13.8. The van der Waals surface area contributed by atoms with Crippen LogP contribution in [0.2, 0.25) is 0 Å². The first-order chi connectivity index (χ1) is 25.6. The van der Waals surface area contributed by atoms with Gasteiger partial charge in [0.15, 0.2) is 5.82 Å². The second kappa shape index (κ2) is 11.4. The molecule has 4 heterocycles. The molecule has 0 unspecified atom stereocenters. The molecule has 0 atom stereocenters. The number of fused-ring (bicyclic) bond motifs is 12. The molecule has 0 saturated heterocycles. The average Bonchev–Trinajstić information content (AvgIpc) is 3.69. The Balaban J connectivity index is 1.21. The summed E-state index contributed by atoms with van der Waals surface area (Å²) in [5.74, 6) is 0.556. The van der Waals surface area contributed by atoms with E-state index in [1.54, 1.807) is 6.20 Å². The Morgan fingerprint density at radius 2 is 1.40 bits per heavy atom. The minimum Gasteiger partial charge on any atom is -0.309 e. The largest absolute Gasteiger partial charge is 0.309 e. The van der Waals surface area contributed by atoms with Gasteiger partial charge in [-0.25, -0.2) is 4.98 Å². The Morgan fingerprint density at radius 3 is 2.17 bits per heavy atom. The van der Waals surface area contributed by atoms with Gasteiger partial charge in [0.1, 0.15) is 0 Å². The van der Waals surface area contributed by atoms with Crippen molar-refractivity contribution in [2.45, 2.75) is 19.3 Å². The lowest BCUT2D eigenvalue weighted by Crippen LogP contribution is -2.33. The Morgan fingerprint density at radius 1 is 0.692 bits per heavy atom. The lowest BCUT2D eigenvalue weighted by molar-refractivity contribution is 0.748. The number of aryl methyl sites for hydroxylation is 1. The van der Waals surface area contributed by atoms with Gasteiger partial charge in [0.2, 0.25) is 0 Å². The minimum atomic E-state index is -0.492. The third kappa shape index (κ3) is 4.11. The summed E-state index contributed by atoms with van der Waals surface area (Å²) in [5.41, 5.74) is 15.9. The van der Waals surface area contributed by atoms with Crippen LogP contribution in [0.4, 0.5) is 0 Å². The standard InChI is InChI=1S/C47H33N5/c1-4-31(24-23-29(2)41-21-11-12-27-48-41)46-49-44(30(3)50-51-46)32-25-26-39-43(28-32)52-42-22-10-7-16-35(42)36-17-13-20-40(45(36)52)47(39)37-18-8-5-14-33(37)34-15-6-9-19-38(34)47/h4-28H,2H2,1,3H3/b24-23-,31-4+. The summed E-state index contributed by atoms with van der Waals surface area (Å²) >= 11 is 0. The Hall–Kier alpha value is -6.72. The molecule has 0 N–H and O–H groups in total. The summed E-state index contributed by atoms with van der Waals surface area (Å²) in [6.45, 7) is 8.19. The molecule has 52 heavy (non-hydrogen) atoms. The molecule has 1 aliphatic carbocycles. The number of rotatable bonds is 5. The molecule has 10 rings (SSSR count). The lowest BCUT2D eigenvalue weighted by atomic mass is 9.65. The van der Waals surface area contributed by atoms with Gasteiger partial charge < -0.3 is 4.57 Å². The minimum absolute atomic E-state index is 0.492. The van der Waals surface area contributed by atoms with E-state index >= 15 is 0 Å². The number of para-hydroxylation sites is 2. The first kappa shape index (κ1) is 30.1. The topological polar surface area (TPSA) is 56.5 Å². The van der Waals surface area contributed by atoms with Gasteiger partial charge in [0, 0.05) is 28.1 Å². The molecule has 0 saturated carbocycles. The molecule has 1 spiro atoms. The van der Waals surface area contributed by atoms with E-state index in [1.165, 1.54) is 55.2 Å². The quantitative estimate of drug-likeness (QED) is 0.171. The molecule has 8 aromatic rings. The van der Waals surface area contributed by atoms with Crippen molar-refractivity contribution in [3.8, 4) is 28.1 Å². The summed E-state index contributed by atoms with van der Waals surface area (Å²) in [6, 6.07) is 46.2. The first-order valence-electron chi connectivity index (χ1n) is 17.6. The molecular formula is C47H33N5. The van der Waals surface area contributed by atoms with Gasteiger partial charge in [-0.05, 0) is 77.1 Å². The van der Waals surface area contributed by atoms with Crippen LogP contribution in [0, 0.1) is 6.92 Å². The number of pyridine rings is 1. The van der Waals surface area contributed by atoms with Gasteiger partial charge in [-0.3, -0.25) is 4.98 Å². The van der Waals surface area contributed by atoms with Crippen LogP contribution < -0.4 is 0 Å².